The van der Waals surface area contributed by atoms with Crippen molar-refractivity contribution in [3.05, 3.63) is 60.2 Å². The van der Waals surface area contributed by atoms with E-state index in [1.807, 2.05) is 30.3 Å². The Balaban J connectivity index is 1.84. The van der Waals surface area contributed by atoms with Gasteiger partial charge in [-0.3, -0.25) is 0 Å². The summed E-state index contributed by atoms with van der Waals surface area (Å²) in [6.07, 6.45) is 0. The molecule has 0 fully saturated rings. The van der Waals surface area contributed by atoms with Gasteiger partial charge in [-0.15, -0.1) is 5.10 Å². The number of rotatable bonds is 3. The molecule has 2 aromatic carbocycles. The van der Waals surface area contributed by atoms with Crippen molar-refractivity contribution in [2.24, 2.45) is 0 Å². The topological polar surface area (TPSA) is 51.0 Å². The lowest BCUT2D eigenvalue weighted by Crippen LogP contribution is -1.94. The molecule has 1 N–H and O–H groups in total. The number of nitrogens with one attached hydrogen (secondary N) is 1. The molecule has 0 spiro atoms. The molecule has 0 saturated carbocycles. The monoisotopic (exact) mass is 273 g/mol. The SMILES string of the molecule is Fc1ccc(Nc2nnc(-c3ccccc3)o2)c(F)c1. The largest absolute Gasteiger partial charge is 0.403 e. The number of benzene rings is 2. The molecule has 0 saturated heterocycles. The van der Waals surface area contributed by atoms with E-state index in [0.29, 0.717) is 5.89 Å². The molecule has 0 aliphatic carbocycles. The van der Waals surface area contributed by atoms with Gasteiger partial charge in [-0.05, 0) is 24.3 Å². The van der Waals surface area contributed by atoms with Gasteiger partial charge in [-0.2, -0.15) is 0 Å². The van der Waals surface area contributed by atoms with Gasteiger partial charge < -0.3 is 9.73 Å². The van der Waals surface area contributed by atoms with E-state index in [1.165, 1.54) is 6.07 Å². The van der Waals surface area contributed by atoms with Crippen LogP contribution < -0.4 is 5.32 Å². The Kier molecular flexibility index (Phi) is 3.12. The quantitative estimate of drug-likeness (QED) is 0.789. The predicted octanol–water partition coefficient (Wildman–Crippen LogP) is 3.76. The minimum atomic E-state index is -0.732. The fourth-order valence-electron chi connectivity index (χ4n) is 1.68. The van der Waals surface area contributed by atoms with Gasteiger partial charge in [0.05, 0.1) is 5.69 Å². The summed E-state index contributed by atoms with van der Waals surface area (Å²) in [6, 6.07) is 12.4. The van der Waals surface area contributed by atoms with Crippen molar-refractivity contribution < 1.29 is 13.2 Å². The molecule has 0 bridgehead atoms. The summed E-state index contributed by atoms with van der Waals surface area (Å²) in [4.78, 5) is 0. The Morgan fingerprint density at radius 2 is 1.75 bits per heavy atom. The van der Waals surface area contributed by atoms with Crippen LogP contribution in [0.2, 0.25) is 0 Å². The molecule has 3 rings (SSSR count). The van der Waals surface area contributed by atoms with Crippen LogP contribution in [0.5, 0.6) is 0 Å². The van der Waals surface area contributed by atoms with E-state index in [-0.39, 0.29) is 11.7 Å². The second-order valence-electron chi connectivity index (χ2n) is 4.03. The Morgan fingerprint density at radius 1 is 0.950 bits per heavy atom. The third-order valence-electron chi connectivity index (χ3n) is 2.62. The summed E-state index contributed by atoms with van der Waals surface area (Å²) in [5, 5.41) is 10.2. The molecular weight excluding hydrogens is 264 g/mol. The van der Waals surface area contributed by atoms with Crippen molar-refractivity contribution >= 4 is 11.7 Å². The van der Waals surface area contributed by atoms with Crippen LogP contribution in [0, 0.1) is 11.6 Å². The van der Waals surface area contributed by atoms with E-state index < -0.39 is 11.6 Å². The molecule has 3 aromatic rings. The van der Waals surface area contributed by atoms with Crippen LogP contribution in [0.15, 0.2) is 52.9 Å². The second kappa shape index (κ2) is 5.08. The standard InChI is InChI=1S/C14H9F2N3O/c15-10-6-7-12(11(16)8-10)17-14-19-18-13(20-14)9-4-2-1-3-5-9/h1-8H,(H,17,19). The summed E-state index contributed by atoms with van der Waals surface area (Å²) in [5.74, 6) is -1.07. The molecule has 0 unspecified atom stereocenters. The average Bonchev–Trinajstić information content (AvgIpc) is 2.92. The van der Waals surface area contributed by atoms with Crippen LogP contribution in [-0.4, -0.2) is 10.2 Å². The highest BCUT2D eigenvalue weighted by molar-refractivity contribution is 5.56. The third-order valence-corrected chi connectivity index (χ3v) is 2.62. The summed E-state index contributed by atoms with van der Waals surface area (Å²) in [5.41, 5.74) is 0.822. The van der Waals surface area contributed by atoms with Gasteiger partial charge in [0, 0.05) is 11.6 Å². The van der Waals surface area contributed by atoms with Gasteiger partial charge in [-0.1, -0.05) is 23.3 Å². The molecule has 0 radical (unpaired) electrons. The summed E-state index contributed by atoms with van der Waals surface area (Å²) in [6.45, 7) is 0. The summed E-state index contributed by atoms with van der Waals surface area (Å²) in [7, 11) is 0. The maximum Gasteiger partial charge on any atom is 0.320 e. The van der Waals surface area contributed by atoms with Gasteiger partial charge in [-0.25, -0.2) is 8.78 Å². The molecule has 4 nitrogen and oxygen atoms in total. The van der Waals surface area contributed by atoms with E-state index in [4.69, 9.17) is 4.42 Å². The van der Waals surface area contributed by atoms with Crippen LogP contribution in [-0.2, 0) is 0 Å². The first kappa shape index (κ1) is 12.3. The van der Waals surface area contributed by atoms with Crippen molar-refractivity contribution in [2.75, 3.05) is 5.32 Å². The molecule has 1 heterocycles. The molecule has 0 aliphatic rings. The Hall–Kier alpha value is -2.76. The van der Waals surface area contributed by atoms with Gasteiger partial charge in [0.15, 0.2) is 0 Å². The molecule has 0 amide bonds. The van der Waals surface area contributed by atoms with Crippen LogP contribution >= 0.6 is 0 Å². The minimum absolute atomic E-state index is 0.0364. The second-order valence-corrected chi connectivity index (χ2v) is 4.03. The highest BCUT2D eigenvalue weighted by Gasteiger charge is 2.10. The number of aromatic nitrogens is 2. The molecule has 100 valence electrons. The van der Waals surface area contributed by atoms with Crippen LogP contribution in [0.25, 0.3) is 11.5 Å². The lowest BCUT2D eigenvalue weighted by Gasteiger charge is -2.02. The van der Waals surface area contributed by atoms with E-state index in [0.717, 1.165) is 17.7 Å². The highest BCUT2D eigenvalue weighted by Crippen LogP contribution is 2.23. The first-order chi connectivity index (χ1) is 9.72. The zero-order valence-electron chi connectivity index (χ0n) is 10.2. The smallest absolute Gasteiger partial charge is 0.320 e. The van der Waals surface area contributed by atoms with E-state index >= 15 is 0 Å². The molecule has 6 heteroatoms. The first-order valence-electron chi connectivity index (χ1n) is 5.83. The maximum atomic E-state index is 13.5. The van der Waals surface area contributed by atoms with Gasteiger partial charge in [0.2, 0.25) is 5.89 Å². The van der Waals surface area contributed by atoms with Crippen molar-refractivity contribution in [3.8, 4) is 11.5 Å². The molecule has 20 heavy (non-hydrogen) atoms. The Labute approximate surface area is 113 Å². The Morgan fingerprint density at radius 3 is 2.50 bits per heavy atom. The van der Waals surface area contributed by atoms with Crippen LogP contribution in [0.4, 0.5) is 20.5 Å². The van der Waals surface area contributed by atoms with Gasteiger partial charge in [0.25, 0.3) is 0 Å². The van der Waals surface area contributed by atoms with E-state index in [1.54, 1.807) is 0 Å². The summed E-state index contributed by atoms with van der Waals surface area (Å²) < 4.78 is 31.6. The third kappa shape index (κ3) is 2.49. The number of hydrogen-bond donors (Lipinski definition) is 1. The number of hydrogen-bond acceptors (Lipinski definition) is 4. The molecular formula is C14H9F2N3O. The Bertz CT molecular complexity index is 728. The van der Waals surface area contributed by atoms with E-state index in [2.05, 4.69) is 15.5 Å². The fourth-order valence-corrected chi connectivity index (χ4v) is 1.68. The maximum absolute atomic E-state index is 13.5. The number of anilines is 2. The lowest BCUT2D eigenvalue weighted by molar-refractivity contribution is 0.575. The number of nitrogens with zero attached hydrogens (tertiary/aromatic N) is 2. The molecule has 0 atom stereocenters. The van der Waals surface area contributed by atoms with Gasteiger partial charge in [0.1, 0.15) is 11.6 Å². The first-order valence-corrected chi connectivity index (χ1v) is 5.83. The zero-order chi connectivity index (χ0) is 13.9. The minimum Gasteiger partial charge on any atom is -0.403 e. The van der Waals surface area contributed by atoms with Crippen LogP contribution in [0.3, 0.4) is 0 Å². The number of halogens is 2. The highest BCUT2D eigenvalue weighted by atomic mass is 19.1. The lowest BCUT2D eigenvalue weighted by atomic mass is 10.2. The van der Waals surface area contributed by atoms with E-state index in [9.17, 15) is 8.78 Å². The fraction of sp³-hybridized carbons (Fsp3) is 0. The van der Waals surface area contributed by atoms with Crippen molar-refractivity contribution in [1.29, 1.82) is 0 Å². The zero-order valence-corrected chi connectivity index (χ0v) is 10.2. The van der Waals surface area contributed by atoms with Crippen molar-refractivity contribution in [2.45, 2.75) is 0 Å². The average molecular weight is 273 g/mol. The van der Waals surface area contributed by atoms with Crippen molar-refractivity contribution in [3.63, 3.8) is 0 Å². The summed E-state index contributed by atoms with van der Waals surface area (Å²) >= 11 is 0. The van der Waals surface area contributed by atoms with Crippen LogP contribution in [0.1, 0.15) is 0 Å². The predicted molar refractivity (Wildman–Crippen MR) is 69.4 cm³/mol. The molecule has 0 aliphatic heterocycles. The molecule has 1 aromatic heterocycles. The van der Waals surface area contributed by atoms with Crippen molar-refractivity contribution in [1.82, 2.24) is 10.2 Å². The normalized spacial score (nSPS) is 10.5. The van der Waals surface area contributed by atoms with Gasteiger partial charge >= 0.3 is 6.01 Å².